The van der Waals surface area contributed by atoms with Crippen LogP contribution in [0.4, 0.5) is 0 Å². The number of amides is 1. The first-order valence-corrected chi connectivity index (χ1v) is 9.40. The number of carbonyl (C=O) groups excluding carboxylic acids is 2. The van der Waals surface area contributed by atoms with Gasteiger partial charge in [-0.2, -0.15) is 0 Å². The Morgan fingerprint density at radius 1 is 1.10 bits per heavy atom. The molecule has 1 N–H and O–H groups in total. The van der Waals surface area contributed by atoms with Crippen molar-refractivity contribution in [2.75, 3.05) is 6.61 Å². The summed E-state index contributed by atoms with van der Waals surface area (Å²) in [5.41, 5.74) is 3.31. The summed E-state index contributed by atoms with van der Waals surface area (Å²) in [5.74, 6) is -0.232. The number of nitrogens with one attached hydrogen (secondary N) is 1. The van der Waals surface area contributed by atoms with Crippen LogP contribution in [0.25, 0.3) is 21.9 Å². The molecule has 0 bridgehead atoms. The lowest BCUT2D eigenvalue weighted by atomic mass is 10.1. The number of carbonyl (C=O) groups is 2. The van der Waals surface area contributed by atoms with Gasteiger partial charge in [0.15, 0.2) is 6.61 Å². The van der Waals surface area contributed by atoms with Crippen LogP contribution in [0, 0.1) is 6.92 Å². The van der Waals surface area contributed by atoms with Gasteiger partial charge in [-0.3, -0.25) is 9.59 Å². The molecule has 0 spiro atoms. The molecule has 0 aliphatic carbocycles. The predicted molar refractivity (Wildman–Crippen MR) is 108 cm³/mol. The molecule has 4 aromatic rings. The lowest BCUT2D eigenvalue weighted by Crippen LogP contribution is -2.31. The topological polar surface area (TPSA) is 81.7 Å². The number of hydrogen-bond acceptors (Lipinski definition) is 5. The molecular formula is C23H21NO5. The maximum absolute atomic E-state index is 12.2. The molecule has 2 aromatic heterocycles. The van der Waals surface area contributed by atoms with Crippen LogP contribution in [0.3, 0.4) is 0 Å². The van der Waals surface area contributed by atoms with Crippen molar-refractivity contribution in [1.82, 2.24) is 5.32 Å². The van der Waals surface area contributed by atoms with Crippen molar-refractivity contribution in [2.45, 2.75) is 26.3 Å². The molecule has 0 fully saturated rings. The molecule has 6 nitrogen and oxygen atoms in total. The third kappa shape index (κ3) is 4.16. The summed E-state index contributed by atoms with van der Waals surface area (Å²) in [6.45, 7) is 3.44. The van der Waals surface area contributed by atoms with E-state index in [4.69, 9.17) is 13.6 Å². The monoisotopic (exact) mass is 391 g/mol. The minimum atomic E-state index is -0.486. The Bertz CT molecular complexity index is 1150. The second-order valence-electron chi connectivity index (χ2n) is 7.07. The van der Waals surface area contributed by atoms with Crippen LogP contribution in [0.1, 0.15) is 29.9 Å². The van der Waals surface area contributed by atoms with Gasteiger partial charge in [0.05, 0.1) is 18.7 Å². The maximum atomic E-state index is 12.2. The zero-order valence-electron chi connectivity index (χ0n) is 16.2. The Hall–Kier alpha value is -3.54. The van der Waals surface area contributed by atoms with Crippen LogP contribution in [-0.4, -0.2) is 18.5 Å². The molecule has 4 rings (SSSR count). The third-order valence-electron chi connectivity index (χ3n) is 4.76. The predicted octanol–water partition coefficient (Wildman–Crippen LogP) is 4.45. The first kappa shape index (κ1) is 18.8. The third-order valence-corrected chi connectivity index (χ3v) is 4.76. The molecule has 29 heavy (non-hydrogen) atoms. The van der Waals surface area contributed by atoms with E-state index in [2.05, 4.69) is 5.32 Å². The Morgan fingerprint density at radius 2 is 1.93 bits per heavy atom. The molecule has 148 valence electrons. The van der Waals surface area contributed by atoms with E-state index in [1.807, 2.05) is 62.4 Å². The van der Waals surface area contributed by atoms with Gasteiger partial charge >= 0.3 is 5.97 Å². The highest BCUT2D eigenvalue weighted by molar-refractivity contribution is 5.87. The number of hydrogen-bond donors (Lipinski definition) is 1. The lowest BCUT2D eigenvalue weighted by Gasteiger charge is -2.11. The van der Waals surface area contributed by atoms with Crippen molar-refractivity contribution in [3.8, 4) is 0 Å². The van der Waals surface area contributed by atoms with Gasteiger partial charge in [-0.1, -0.05) is 30.3 Å². The van der Waals surface area contributed by atoms with E-state index >= 15 is 0 Å². The van der Waals surface area contributed by atoms with Gasteiger partial charge in [-0.15, -0.1) is 0 Å². The molecule has 1 amide bonds. The van der Waals surface area contributed by atoms with Gasteiger partial charge in [0.2, 0.25) is 0 Å². The molecule has 0 radical (unpaired) electrons. The quantitative estimate of drug-likeness (QED) is 0.491. The van der Waals surface area contributed by atoms with E-state index in [1.54, 1.807) is 6.26 Å². The summed E-state index contributed by atoms with van der Waals surface area (Å²) >= 11 is 0. The fraction of sp³-hybridized carbons (Fsp3) is 0.217. The standard InChI is InChI=1S/C23H21NO5/c1-14-7-8-18-17(12-27-21(18)9-14)11-23(26)28-13-22(25)24-15(2)20-10-16-5-3-4-6-19(16)29-20/h3-10,12,15H,11,13H2,1-2H3,(H,24,25)/t15-/m0/s1. The van der Waals surface area contributed by atoms with Gasteiger partial charge in [0.25, 0.3) is 5.91 Å². The van der Waals surface area contributed by atoms with E-state index in [-0.39, 0.29) is 25.0 Å². The highest BCUT2D eigenvalue weighted by Gasteiger charge is 2.17. The maximum Gasteiger partial charge on any atom is 0.310 e. The minimum Gasteiger partial charge on any atom is -0.464 e. The van der Waals surface area contributed by atoms with Crippen molar-refractivity contribution in [3.63, 3.8) is 0 Å². The highest BCUT2D eigenvalue weighted by Crippen LogP contribution is 2.24. The zero-order valence-corrected chi connectivity index (χ0v) is 16.2. The average molecular weight is 391 g/mol. The van der Waals surface area contributed by atoms with Crippen LogP contribution >= 0.6 is 0 Å². The summed E-state index contributed by atoms with van der Waals surface area (Å²) in [6, 6.07) is 15.0. The van der Waals surface area contributed by atoms with Crippen molar-refractivity contribution in [2.24, 2.45) is 0 Å². The summed E-state index contributed by atoms with van der Waals surface area (Å²) < 4.78 is 16.4. The molecule has 0 aliphatic rings. The molecule has 0 saturated heterocycles. The average Bonchev–Trinajstić information content (AvgIpc) is 3.30. The van der Waals surface area contributed by atoms with Crippen LogP contribution in [0.15, 0.2) is 63.6 Å². The number of benzene rings is 2. The van der Waals surface area contributed by atoms with E-state index in [9.17, 15) is 9.59 Å². The summed E-state index contributed by atoms with van der Waals surface area (Å²) in [5, 5.41) is 4.62. The SMILES string of the molecule is Cc1ccc2c(CC(=O)OCC(=O)N[C@@H](C)c3cc4ccccc4o3)coc2c1. The number of para-hydroxylation sites is 1. The zero-order chi connectivity index (χ0) is 20.4. The van der Waals surface area contributed by atoms with Crippen molar-refractivity contribution in [3.05, 3.63) is 71.7 Å². The van der Waals surface area contributed by atoms with Gasteiger partial charge in [-0.25, -0.2) is 0 Å². The second kappa shape index (κ2) is 7.83. The summed E-state index contributed by atoms with van der Waals surface area (Å²) in [6.07, 6.45) is 1.59. The molecule has 0 saturated carbocycles. The van der Waals surface area contributed by atoms with Gasteiger partial charge in [-0.05, 0) is 37.6 Å². The molecule has 2 aromatic carbocycles. The smallest absolute Gasteiger partial charge is 0.310 e. The fourth-order valence-corrected chi connectivity index (χ4v) is 3.25. The number of aryl methyl sites for hydroxylation is 1. The van der Waals surface area contributed by atoms with Crippen LogP contribution in [-0.2, 0) is 20.7 Å². The van der Waals surface area contributed by atoms with E-state index in [1.165, 1.54) is 0 Å². The van der Waals surface area contributed by atoms with Gasteiger partial charge < -0.3 is 18.9 Å². The molecule has 2 heterocycles. The lowest BCUT2D eigenvalue weighted by molar-refractivity contribution is -0.148. The number of ether oxygens (including phenoxy) is 1. The van der Waals surface area contributed by atoms with Crippen LogP contribution in [0.2, 0.25) is 0 Å². The molecular weight excluding hydrogens is 370 g/mol. The Balaban J connectivity index is 1.31. The van der Waals surface area contributed by atoms with Gasteiger partial charge in [0, 0.05) is 16.3 Å². The number of furan rings is 2. The Morgan fingerprint density at radius 3 is 2.76 bits per heavy atom. The largest absolute Gasteiger partial charge is 0.464 e. The summed E-state index contributed by atoms with van der Waals surface area (Å²) in [4.78, 5) is 24.3. The van der Waals surface area contributed by atoms with Gasteiger partial charge in [0.1, 0.15) is 16.9 Å². The fourth-order valence-electron chi connectivity index (χ4n) is 3.25. The highest BCUT2D eigenvalue weighted by atomic mass is 16.5. The number of esters is 1. The summed E-state index contributed by atoms with van der Waals surface area (Å²) in [7, 11) is 0. The first-order valence-electron chi connectivity index (χ1n) is 9.40. The normalized spacial score (nSPS) is 12.2. The number of fused-ring (bicyclic) bond motifs is 2. The van der Waals surface area contributed by atoms with E-state index < -0.39 is 5.97 Å². The van der Waals surface area contributed by atoms with Crippen LogP contribution in [0.5, 0.6) is 0 Å². The van der Waals surface area contributed by atoms with Crippen molar-refractivity contribution >= 4 is 33.8 Å². The second-order valence-corrected chi connectivity index (χ2v) is 7.07. The van der Waals surface area contributed by atoms with Crippen molar-refractivity contribution < 1.29 is 23.2 Å². The first-order chi connectivity index (χ1) is 14.0. The van der Waals surface area contributed by atoms with E-state index in [0.29, 0.717) is 5.76 Å². The molecule has 0 aliphatic heterocycles. The van der Waals surface area contributed by atoms with Crippen LogP contribution < -0.4 is 5.32 Å². The minimum absolute atomic E-state index is 0.0441. The van der Waals surface area contributed by atoms with Crippen molar-refractivity contribution in [1.29, 1.82) is 0 Å². The molecule has 6 heteroatoms. The molecule has 1 atom stereocenters. The number of rotatable bonds is 6. The molecule has 0 unspecified atom stereocenters. The Kier molecular flexibility index (Phi) is 5.08. The Labute approximate surface area is 167 Å². The van der Waals surface area contributed by atoms with E-state index in [0.717, 1.165) is 33.1 Å².